The molecule has 4 nitrogen and oxygen atoms in total. The Bertz CT molecular complexity index is 467. The SMILES string of the molecule is COc1ccc(-c2cn(C(F)F)nn2)cc1. The average Bonchev–Trinajstić information content (AvgIpc) is 2.78. The van der Waals surface area contributed by atoms with Crippen molar-refractivity contribution in [2.45, 2.75) is 6.55 Å². The zero-order valence-electron chi connectivity index (χ0n) is 8.47. The Morgan fingerprint density at radius 3 is 2.44 bits per heavy atom. The molecule has 0 saturated heterocycles. The highest BCUT2D eigenvalue weighted by molar-refractivity contribution is 5.58. The Morgan fingerprint density at radius 2 is 1.94 bits per heavy atom. The van der Waals surface area contributed by atoms with E-state index in [0.717, 1.165) is 0 Å². The van der Waals surface area contributed by atoms with Crippen molar-refractivity contribution in [2.24, 2.45) is 0 Å². The first kappa shape index (κ1) is 10.5. The van der Waals surface area contributed by atoms with Crippen LogP contribution in [-0.4, -0.2) is 22.1 Å². The number of benzene rings is 1. The van der Waals surface area contributed by atoms with Gasteiger partial charge in [-0.05, 0) is 24.3 Å². The number of aromatic nitrogens is 3. The standard InChI is InChI=1S/C10H9F2N3O/c1-16-8-4-2-7(3-5-8)9-6-15(10(11)12)14-13-9/h2-6,10H,1H3. The van der Waals surface area contributed by atoms with Gasteiger partial charge in [-0.2, -0.15) is 13.5 Å². The molecule has 0 spiro atoms. The summed E-state index contributed by atoms with van der Waals surface area (Å²) < 4.78 is 30.0. The van der Waals surface area contributed by atoms with Gasteiger partial charge < -0.3 is 4.74 Å². The van der Waals surface area contributed by atoms with E-state index in [2.05, 4.69) is 10.3 Å². The smallest absolute Gasteiger partial charge is 0.334 e. The minimum Gasteiger partial charge on any atom is -0.497 e. The molecule has 0 aliphatic carbocycles. The van der Waals surface area contributed by atoms with Crippen molar-refractivity contribution in [1.82, 2.24) is 15.0 Å². The van der Waals surface area contributed by atoms with Crippen molar-refractivity contribution >= 4 is 0 Å². The zero-order valence-corrected chi connectivity index (χ0v) is 8.47. The largest absolute Gasteiger partial charge is 0.497 e. The maximum absolute atomic E-state index is 12.3. The van der Waals surface area contributed by atoms with E-state index in [9.17, 15) is 8.78 Å². The average molecular weight is 225 g/mol. The molecular weight excluding hydrogens is 216 g/mol. The quantitative estimate of drug-likeness (QED) is 0.804. The topological polar surface area (TPSA) is 39.9 Å². The van der Waals surface area contributed by atoms with Crippen LogP contribution in [0.4, 0.5) is 8.78 Å². The lowest BCUT2D eigenvalue weighted by Gasteiger charge is -1.99. The molecule has 0 N–H and O–H groups in total. The molecule has 84 valence electrons. The molecule has 2 rings (SSSR count). The molecule has 0 amide bonds. The second kappa shape index (κ2) is 4.26. The van der Waals surface area contributed by atoms with Crippen LogP contribution in [0.15, 0.2) is 30.5 Å². The summed E-state index contributed by atoms with van der Waals surface area (Å²) in [5.41, 5.74) is 1.12. The fourth-order valence-corrected chi connectivity index (χ4v) is 1.27. The number of nitrogens with zero attached hydrogens (tertiary/aromatic N) is 3. The van der Waals surface area contributed by atoms with Crippen LogP contribution in [0.2, 0.25) is 0 Å². The van der Waals surface area contributed by atoms with Crippen LogP contribution in [0.25, 0.3) is 11.3 Å². The fourth-order valence-electron chi connectivity index (χ4n) is 1.27. The molecule has 1 aromatic heterocycles. The van der Waals surface area contributed by atoms with Gasteiger partial charge in [-0.1, -0.05) is 5.21 Å². The Kier molecular flexibility index (Phi) is 2.80. The Labute approximate surface area is 90.5 Å². The highest BCUT2D eigenvalue weighted by Crippen LogP contribution is 2.21. The first-order valence-electron chi connectivity index (χ1n) is 4.55. The van der Waals surface area contributed by atoms with E-state index in [-0.39, 0.29) is 0 Å². The van der Waals surface area contributed by atoms with E-state index in [0.29, 0.717) is 21.7 Å². The van der Waals surface area contributed by atoms with Crippen molar-refractivity contribution in [2.75, 3.05) is 7.11 Å². The van der Waals surface area contributed by atoms with Gasteiger partial charge in [-0.3, -0.25) is 0 Å². The molecular formula is C10H9F2N3O. The van der Waals surface area contributed by atoms with Crippen LogP contribution in [0.1, 0.15) is 6.55 Å². The number of alkyl halides is 2. The Hall–Kier alpha value is -1.98. The van der Waals surface area contributed by atoms with Crippen LogP contribution in [0.5, 0.6) is 5.75 Å². The summed E-state index contributed by atoms with van der Waals surface area (Å²) in [6, 6.07) is 6.94. The number of methoxy groups -OCH3 is 1. The summed E-state index contributed by atoms with van der Waals surface area (Å²) in [5.74, 6) is 0.699. The van der Waals surface area contributed by atoms with Crippen molar-refractivity contribution < 1.29 is 13.5 Å². The van der Waals surface area contributed by atoms with Gasteiger partial charge in [0, 0.05) is 5.56 Å². The van der Waals surface area contributed by atoms with Gasteiger partial charge in [-0.15, -0.1) is 5.10 Å². The highest BCUT2D eigenvalue weighted by atomic mass is 19.3. The number of halogens is 2. The zero-order chi connectivity index (χ0) is 11.5. The minimum absolute atomic E-state index is 0.406. The Morgan fingerprint density at radius 1 is 1.25 bits per heavy atom. The van der Waals surface area contributed by atoms with Gasteiger partial charge in [0.15, 0.2) is 0 Å². The lowest BCUT2D eigenvalue weighted by atomic mass is 10.2. The van der Waals surface area contributed by atoms with E-state index < -0.39 is 6.55 Å². The van der Waals surface area contributed by atoms with Gasteiger partial charge in [0.1, 0.15) is 11.4 Å². The van der Waals surface area contributed by atoms with E-state index in [1.807, 2.05) is 0 Å². The third-order valence-corrected chi connectivity index (χ3v) is 2.10. The summed E-state index contributed by atoms with van der Waals surface area (Å²) in [7, 11) is 1.56. The molecule has 0 aliphatic rings. The summed E-state index contributed by atoms with van der Waals surface area (Å²) in [6.07, 6.45) is 1.20. The van der Waals surface area contributed by atoms with Crippen LogP contribution < -0.4 is 4.74 Å². The maximum Gasteiger partial charge on any atom is 0.334 e. The summed E-state index contributed by atoms with van der Waals surface area (Å²) in [6.45, 7) is -2.67. The Balaban J connectivity index is 2.28. The van der Waals surface area contributed by atoms with E-state index in [1.165, 1.54) is 6.20 Å². The lowest BCUT2D eigenvalue weighted by molar-refractivity contribution is 0.0546. The predicted octanol–water partition coefficient (Wildman–Crippen LogP) is 2.35. The van der Waals surface area contributed by atoms with Crippen molar-refractivity contribution in [1.29, 1.82) is 0 Å². The molecule has 0 saturated carbocycles. The van der Waals surface area contributed by atoms with Crippen LogP contribution in [0.3, 0.4) is 0 Å². The van der Waals surface area contributed by atoms with Crippen molar-refractivity contribution in [3.05, 3.63) is 30.5 Å². The molecule has 0 atom stereocenters. The monoisotopic (exact) mass is 225 g/mol. The van der Waals surface area contributed by atoms with Crippen LogP contribution >= 0.6 is 0 Å². The number of hydrogen-bond acceptors (Lipinski definition) is 3. The van der Waals surface area contributed by atoms with Crippen molar-refractivity contribution in [3.63, 3.8) is 0 Å². The maximum atomic E-state index is 12.3. The lowest BCUT2D eigenvalue weighted by Crippen LogP contribution is -1.97. The van der Waals surface area contributed by atoms with E-state index >= 15 is 0 Å². The molecule has 16 heavy (non-hydrogen) atoms. The van der Waals surface area contributed by atoms with E-state index in [4.69, 9.17) is 4.74 Å². The van der Waals surface area contributed by atoms with Crippen molar-refractivity contribution in [3.8, 4) is 17.0 Å². The molecule has 0 fully saturated rings. The molecule has 6 heteroatoms. The number of rotatable bonds is 3. The van der Waals surface area contributed by atoms with Gasteiger partial charge in [0.05, 0.1) is 13.3 Å². The van der Waals surface area contributed by atoms with Crippen LogP contribution in [-0.2, 0) is 0 Å². The highest BCUT2D eigenvalue weighted by Gasteiger charge is 2.09. The van der Waals surface area contributed by atoms with E-state index in [1.54, 1.807) is 31.4 Å². The summed E-state index contributed by atoms with van der Waals surface area (Å²) in [5, 5.41) is 6.98. The molecule has 1 heterocycles. The summed E-state index contributed by atoms with van der Waals surface area (Å²) >= 11 is 0. The van der Waals surface area contributed by atoms with Gasteiger partial charge >= 0.3 is 6.55 Å². The van der Waals surface area contributed by atoms with Gasteiger partial charge in [0.2, 0.25) is 0 Å². The molecule has 0 unspecified atom stereocenters. The second-order valence-electron chi connectivity index (χ2n) is 3.09. The first-order valence-corrected chi connectivity index (χ1v) is 4.55. The number of hydrogen-bond donors (Lipinski definition) is 0. The fraction of sp³-hybridized carbons (Fsp3) is 0.200. The molecule has 2 aromatic rings. The predicted molar refractivity (Wildman–Crippen MR) is 53.3 cm³/mol. The van der Waals surface area contributed by atoms with Gasteiger partial charge in [-0.25, -0.2) is 0 Å². The third kappa shape index (κ3) is 2.00. The molecule has 0 aliphatic heterocycles. The van der Waals surface area contributed by atoms with Crippen LogP contribution in [0, 0.1) is 0 Å². The minimum atomic E-state index is -2.67. The molecule has 1 aromatic carbocycles. The number of ether oxygens (including phenoxy) is 1. The first-order chi connectivity index (χ1) is 7.70. The molecule has 0 bridgehead atoms. The third-order valence-electron chi connectivity index (χ3n) is 2.10. The second-order valence-corrected chi connectivity index (χ2v) is 3.09. The summed E-state index contributed by atoms with van der Waals surface area (Å²) in [4.78, 5) is 0. The van der Waals surface area contributed by atoms with Gasteiger partial charge in [0.25, 0.3) is 0 Å². The normalized spacial score (nSPS) is 10.8. The molecule has 0 radical (unpaired) electrons.